The number of aromatic nitrogens is 2. The molecule has 2 saturated carbocycles. The second-order valence-electron chi connectivity index (χ2n) is 7.24. The van der Waals surface area contributed by atoms with Crippen molar-refractivity contribution in [3.05, 3.63) is 42.1 Å². The summed E-state index contributed by atoms with van der Waals surface area (Å²) in [5.74, 6) is 1.80. The molecule has 1 heterocycles. The zero-order chi connectivity index (χ0) is 16.0. The van der Waals surface area contributed by atoms with E-state index in [4.69, 9.17) is 4.98 Å². The molecule has 23 heavy (non-hydrogen) atoms. The van der Waals surface area contributed by atoms with Gasteiger partial charge in [-0.15, -0.1) is 0 Å². The van der Waals surface area contributed by atoms with E-state index in [0.29, 0.717) is 11.5 Å². The highest BCUT2D eigenvalue weighted by Gasteiger charge is 2.54. The average Bonchev–Trinajstić information content (AvgIpc) is 3.33. The highest BCUT2D eigenvalue weighted by molar-refractivity contribution is 5.58. The smallest absolute Gasteiger partial charge is 0.231 e. The molecule has 1 aromatic carbocycles. The summed E-state index contributed by atoms with van der Waals surface area (Å²) in [5, 5.41) is 0. The minimum Gasteiger partial charge on any atom is -0.356 e. The quantitative estimate of drug-likeness (QED) is 0.856. The molecule has 0 unspecified atom stereocenters. The Morgan fingerprint density at radius 3 is 2.39 bits per heavy atom. The van der Waals surface area contributed by atoms with Crippen LogP contribution in [0.2, 0.25) is 0 Å². The molecule has 2 fully saturated rings. The lowest BCUT2D eigenvalue weighted by molar-refractivity contribution is 0.232. The zero-order valence-corrected chi connectivity index (χ0v) is 14.2. The number of para-hydroxylation sites is 1. The van der Waals surface area contributed by atoms with Crippen molar-refractivity contribution in [2.45, 2.75) is 38.6 Å². The summed E-state index contributed by atoms with van der Waals surface area (Å²) in [7, 11) is 4.20. The molecule has 0 saturated heterocycles. The third-order valence-electron chi connectivity index (χ3n) is 5.48. The van der Waals surface area contributed by atoms with Gasteiger partial charge < -0.3 is 9.80 Å². The monoisotopic (exact) mass is 308 g/mol. The van der Waals surface area contributed by atoms with Gasteiger partial charge in [-0.05, 0) is 50.2 Å². The van der Waals surface area contributed by atoms with Crippen LogP contribution in [0.3, 0.4) is 0 Å². The van der Waals surface area contributed by atoms with E-state index in [9.17, 15) is 0 Å². The van der Waals surface area contributed by atoms with Crippen molar-refractivity contribution in [1.29, 1.82) is 0 Å². The van der Waals surface area contributed by atoms with Crippen molar-refractivity contribution in [2.24, 2.45) is 5.41 Å². The van der Waals surface area contributed by atoms with Gasteiger partial charge in [-0.3, -0.25) is 0 Å². The summed E-state index contributed by atoms with van der Waals surface area (Å²) in [4.78, 5) is 13.8. The van der Waals surface area contributed by atoms with Crippen LogP contribution in [-0.4, -0.2) is 30.1 Å². The van der Waals surface area contributed by atoms with E-state index >= 15 is 0 Å². The van der Waals surface area contributed by atoms with Crippen LogP contribution >= 0.6 is 0 Å². The van der Waals surface area contributed by atoms with E-state index in [0.717, 1.165) is 23.1 Å². The molecule has 2 aliphatic carbocycles. The molecule has 4 nitrogen and oxygen atoms in total. The van der Waals surface area contributed by atoms with E-state index in [-0.39, 0.29) is 0 Å². The third kappa shape index (κ3) is 2.67. The fourth-order valence-electron chi connectivity index (χ4n) is 3.62. The molecule has 2 aliphatic rings. The first-order valence-electron chi connectivity index (χ1n) is 8.44. The molecule has 0 aliphatic heterocycles. The van der Waals surface area contributed by atoms with Crippen LogP contribution in [0.15, 0.2) is 36.4 Å². The van der Waals surface area contributed by atoms with Gasteiger partial charge in [-0.1, -0.05) is 18.2 Å². The first kappa shape index (κ1) is 14.5. The van der Waals surface area contributed by atoms with Crippen LogP contribution in [0, 0.1) is 12.3 Å². The summed E-state index contributed by atoms with van der Waals surface area (Å²) in [6.45, 7) is 2.05. The SMILES string of the molecule is Cc1cc(N(C)C2CC3(CC3)C2)nc(N(C)c2ccccc2)n1. The summed E-state index contributed by atoms with van der Waals surface area (Å²) < 4.78 is 0. The van der Waals surface area contributed by atoms with Crippen molar-refractivity contribution in [3.8, 4) is 0 Å². The third-order valence-corrected chi connectivity index (χ3v) is 5.48. The highest BCUT2D eigenvalue weighted by atomic mass is 15.3. The van der Waals surface area contributed by atoms with Gasteiger partial charge in [0.2, 0.25) is 5.95 Å². The maximum absolute atomic E-state index is 4.82. The molecule has 4 heteroatoms. The van der Waals surface area contributed by atoms with Crippen molar-refractivity contribution >= 4 is 17.5 Å². The van der Waals surface area contributed by atoms with Crippen LogP contribution in [0.4, 0.5) is 17.5 Å². The van der Waals surface area contributed by atoms with Gasteiger partial charge in [0.1, 0.15) is 5.82 Å². The Balaban J connectivity index is 1.58. The van der Waals surface area contributed by atoms with E-state index in [1.807, 2.05) is 37.1 Å². The maximum Gasteiger partial charge on any atom is 0.231 e. The molecule has 0 amide bonds. The molecule has 0 bridgehead atoms. The summed E-state index contributed by atoms with van der Waals surface area (Å²) in [6, 6.07) is 13.0. The summed E-state index contributed by atoms with van der Waals surface area (Å²) in [6.07, 6.45) is 5.52. The average molecular weight is 308 g/mol. The molecule has 0 atom stereocenters. The summed E-state index contributed by atoms with van der Waals surface area (Å²) >= 11 is 0. The fraction of sp³-hybridized carbons (Fsp3) is 0.474. The van der Waals surface area contributed by atoms with Crippen molar-refractivity contribution in [3.63, 3.8) is 0 Å². The van der Waals surface area contributed by atoms with Gasteiger partial charge in [-0.25, -0.2) is 4.98 Å². The number of aryl methyl sites for hydroxylation is 1. The normalized spacial score (nSPS) is 18.6. The van der Waals surface area contributed by atoms with E-state index in [1.54, 1.807) is 0 Å². The molecular weight excluding hydrogens is 284 g/mol. The van der Waals surface area contributed by atoms with Crippen LogP contribution in [0.25, 0.3) is 0 Å². The van der Waals surface area contributed by atoms with Gasteiger partial charge in [0.05, 0.1) is 0 Å². The Morgan fingerprint density at radius 1 is 1.04 bits per heavy atom. The Kier molecular flexibility index (Phi) is 3.29. The first-order chi connectivity index (χ1) is 11.1. The second kappa shape index (κ2) is 5.22. The standard InChI is InChI=1S/C19H24N4/c1-14-11-17(22(2)16-12-19(13-16)9-10-19)21-18(20-14)23(3)15-7-5-4-6-8-15/h4-8,11,16H,9-10,12-13H2,1-3H3. The molecule has 0 N–H and O–H groups in total. The molecule has 4 rings (SSSR count). The number of benzene rings is 1. The van der Waals surface area contributed by atoms with Gasteiger partial charge >= 0.3 is 0 Å². The Bertz CT molecular complexity index is 701. The van der Waals surface area contributed by atoms with E-state index < -0.39 is 0 Å². The largest absolute Gasteiger partial charge is 0.356 e. The molecule has 1 spiro atoms. The summed E-state index contributed by atoms with van der Waals surface area (Å²) in [5.41, 5.74) is 2.83. The number of rotatable bonds is 4. The lowest BCUT2D eigenvalue weighted by atomic mass is 9.76. The van der Waals surface area contributed by atoms with Gasteiger partial charge in [0.25, 0.3) is 0 Å². The van der Waals surface area contributed by atoms with Gasteiger partial charge in [0, 0.05) is 37.6 Å². The van der Waals surface area contributed by atoms with Gasteiger partial charge in [-0.2, -0.15) is 4.98 Å². The number of hydrogen-bond acceptors (Lipinski definition) is 4. The zero-order valence-electron chi connectivity index (χ0n) is 14.2. The molecule has 120 valence electrons. The van der Waals surface area contributed by atoms with Crippen molar-refractivity contribution in [1.82, 2.24) is 9.97 Å². The number of nitrogens with zero attached hydrogens (tertiary/aromatic N) is 4. The molecule has 2 aromatic rings. The Morgan fingerprint density at radius 2 is 1.74 bits per heavy atom. The van der Waals surface area contributed by atoms with Crippen LogP contribution in [0.1, 0.15) is 31.4 Å². The second-order valence-corrected chi connectivity index (χ2v) is 7.24. The van der Waals surface area contributed by atoms with Crippen molar-refractivity contribution in [2.75, 3.05) is 23.9 Å². The van der Waals surface area contributed by atoms with Crippen LogP contribution in [0.5, 0.6) is 0 Å². The minimum absolute atomic E-state index is 0.640. The van der Waals surface area contributed by atoms with E-state index in [1.165, 1.54) is 25.7 Å². The van der Waals surface area contributed by atoms with Gasteiger partial charge in [0.15, 0.2) is 0 Å². The molecular formula is C19H24N4. The number of anilines is 3. The highest BCUT2D eigenvalue weighted by Crippen LogP contribution is 2.61. The number of hydrogen-bond donors (Lipinski definition) is 0. The molecule has 1 aromatic heterocycles. The lowest BCUT2D eigenvalue weighted by Gasteiger charge is -2.42. The predicted octanol–water partition coefficient (Wildman–Crippen LogP) is 3.93. The fourth-order valence-corrected chi connectivity index (χ4v) is 3.62. The first-order valence-corrected chi connectivity index (χ1v) is 8.44. The topological polar surface area (TPSA) is 32.3 Å². The van der Waals surface area contributed by atoms with Crippen LogP contribution < -0.4 is 9.80 Å². The lowest BCUT2D eigenvalue weighted by Crippen LogP contribution is -2.44. The van der Waals surface area contributed by atoms with Crippen LogP contribution in [-0.2, 0) is 0 Å². The Hall–Kier alpha value is -2.10. The Labute approximate surface area is 138 Å². The van der Waals surface area contributed by atoms with E-state index in [2.05, 4.69) is 35.1 Å². The maximum atomic E-state index is 4.82. The minimum atomic E-state index is 0.640. The molecule has 0 radical (unpaired) electrons. The predicted molar refractivity (Wildman–Crippen MR) is 94.4 cm³/mol. The van der Waals surface area contributed by atoms with Crippen molar-refractivity contribution < 1.29 is 0 Å².